The number of hydrogen-bond donors (Lipinski definition) is 1. The molecule has 204 valence electrons. The lowest BCUT2D eigenvalue weighted by molar-refractivity contribution is -0.146. The summed E-state index contributed by atoms with van der Waals surface area (Å²) in [6.07, 6.45) is 1.02. The number of halogens is 5. The van der Waals surface area contributed by atoms with Crippen molar-refractivity contribution in [1.29, 1.82) is 0 Å². The second-order valence-corrected chi connectivity index (χ2v) is 10.8. The molecule has 38 heavy (non-hydrogen) atoms. The van der Waals surface area contributed by atoms with Gasteiger partial charge in [-0.2, -0.15) is 0 Å². The first-order valence-electron chi connectivity index (χ1n) is 12.2. The van der Waals surface area contributed by atoms with E-state index in [0.29, 0.717) is 60.0 Å². The fraction of sp³-hybridized carbons (Fsp3) is 0.407. The first-order chi connectivity index (χ1) is 18.2. The van der Waals surface area contributed by atoms with Gasteiger partial charge < -0.3 is 14.7 Å². The van der Waals surface area contributed by atoms with E-state index in [1.807, 2.05) is 4.90 Å². The number of rotatable bonds is 10. The Morgan fingerprint density at radius 3 is 2.82 bits per heavy atom. The molecule has 0 bridgehead atoms. The zero-order valence-corrected chi connectivity index (χ0v) is 22.2. The Bertz CT molecular complexity index is 1320. The van der Waals surface area contributed by atoms with Crippen LogP contribution in [0.1, 0.15) is 31.0 Å². The molecule has 1 fully saturated rings. The first-order valence-corrected chi connectivity index (χ1v) is 13.5. The number of aromatic nitrogens is 1. The van der Waals surface area contributed by atoms with E-state index in [0.717, 1.165) is 17.8 Å². The molecular formula is C27H27ClF4N2O3S. The number of likely N-dealkylation sites (tertiary alicyclic amines) is 1. The van der Waals surface area contributed by atoms with Crippen molar-refractivity contribution in [2.75, 3.05) is 32.5 Å². The molecule has 1 aromatic heterocycles. The van der Waals surface area contributed by atoms with E-state index in [9.17, 15) is 23.1 Å². The smallest absolute Gasteiger partial charge is 0.308 e. The largest absolute Gasteiger partial charge is 0.497 e. The molecule has 0 spiro atoms. The van der Waals surface area contributed by atoms with Crippen molar-refractivity contribution >= 4 is 40.2 Å². The second kappa shape index (κ2) is 12.5. The van der Waals surface area contributed by atoms with Gasteiger partial charge in [-0.05, 0) is 56.0 Å². The highest BCUT2D eigenvalue weighted by molar-refractivity contribution is 7.99. The maximum absolute atomic E-state index is 15.5. The van der Waals surface area contributed by atoms with E-state index in [-0.39, 0.29) is 28.8 Å². The van der Waals surface area contributed by atoms with E-state index >= 15 is 4.39 Å². The van der Waals surface area contributed by atoms with Crippen LogP contribution in [0.2, 0.25) is 5.02 Å². The minimum atomic E-state index is -1.41. The summed E-state index contributed by atoms with van der Waals surface area (Å²) >= 11 is 7.30. The molecule has 0 amide bonds. The number of carboxylic acids is 1. The molecule has 5 nitrogen and oxygen atoms in total. The third kappa shape index (κ3) is 6.52. The van der Waals surface area contributed by atoms with Crippen LogP contribution in [-0.2, 0) is 4.79 Å². The molecule has 4 rings (SSSR count). The van der Waals surface area contributed by atoms with Crippen LogP contribution in [0, 0.1) is 29.3 Å². The zero-order chi connectivity index (χ0) is 27.4. The lowest BCUT2D eigenvalue weighted by Gasteiger charge is -2.36. The number of alkyl halides is 1. The van der Waals surface area contributed by atoms with Crippen molar-refractivity contribution < 1.29 is 32.2 Å². The number of fused-ring (bicyclic) bond motifs is 1. The van der Waals surface area contributed by atoms with E-state index in [1.165, 1.54) is 13.3 Å². The first kappa shape index (κ1) is 28.4. The van der Waals surface area contributed by atoms with Crippen LogP contribution in [-0.4, -0.2) is 53.5 Å². The maximum Gasteiger partial charge on any atom is 0.308 e. The number of hydrogen-bond acceptors (Lipinski definition) is 5. The topological polar surface area (TPSA) is 62.7 Å². The molecular weight excluding hydrogens is 544 g/mol. The lowest BCUT2D eigenvalue weighted by atomic mass is 9.81. The molecule has 1 saturated heterocycles. The van der Waals surface area contributed by atoms with Gasteiger partial charge in [0.2, 0.25) is 0 Å². The third-order valence-electron chi connectivity index (χ3n) is 6.95. The van der Waals surface area contributed by atoms with Crippen LogP contribution in [0.5, 0.6) is 5.75 Å². The number of methoxy groups -OCH3 is 1. The molecule has 0 unspecified atom stereocenters. The standard InChI is InChI=1S/C27H27ClF4N2O3S/c1-37-17-3-5-23-18(12-17)25(20(28)13-33-23)21(30)4-2-15-6-7-34(14-19(15)27(35)36)8-9-38-24-11-16(29)10-22(31)26(24)32/h3,5,10-13,15,19,21H,2,4,6-9,14H2,1H3,(H,35,36)/t15-,19+,21-/m0/s1. The summed E-state index contributed by atoms with van der Waals surface area (Å²) in [6, 6.07) is 6.59. The minimum absolute atomic E-state index is 0.102. The van der Waals surface area contributed by atoms with Gasteiger partial charge in [0.1, 0.15) is 17.7 Å². The van der Waals surface area contributed by atoms with Crippen molar-refractivity contribution in [3.63, 3.8) is 0 Å². The number of ether oxygens (including phenoxy) is 1. The van der Waals surface area contributed by atoms with Crippen molar-refractivity contribution in [3.05, 3.63) is 64.6 Å². The molecule has 2 heterocycles. The fourth-order valence-electron chi connectivity index (χ4n) is 4.94. The maximum atomic E-state index is 15.5. The van der Waals surface area contributed by atoms with Gasteiger partial charge in [0.15, 0.2) is 11.6 Å². The van der Waals surface area contributed by atoms with Gasteiger partial charge in [0, 0.05) is 47.0 Å². The summed E-state index contributed by atoms with van der Waals surface area (Å²) in [5.74, 6) is -4.20. The van der Waals surface area contributed by atoms with Gasteiger partial charge in [-0.25, -0.2) is 17.6 Å². The Balaban J connectivity index is 1.36. The molecule has 1 N–H and O–H groups in total. The minimum Gasteiger partial charge on any atom is -0.497 e. The summed E-state index contributed by atoms with van der Waals surface area (Å²) in [5.41, 5.74) is 0.904. The van der Waals surface area contributed by atoms with Crippen LogP contribution in [0.15, 0.2) is 41.4 Å². The van der Waals surface area contributed by atoms with E-state index in [1.54, 1.807) is 18.2 Å². The number of aliphatic carboxylic acids is 1. The summed E-state index contributed by atoms with van der Waals surface area (Å²) in [6.45, 7) is 1.26. The van der Waals surface area contributed by atoms with Crippen LogP contribution >= 0.6 is 23.4 Å². The Labute approximate surface area is 227 Å². The van der Waals surface area contributed by atoms with Crippen molar-refractivity contribution in [2.24, 2.45) is 11.8 Å². The van der Waals surface area contributed by atoms with Crippen LogP contribution < -0.4 is 4.74 Å². The van der Waals surface area contributed by atoms with Gasteiger partial charge in [-0.1, -0.05) is 11.6 Å². The average molecular weight is 571 g/mol. The number of nitrogens with zero attached hydrogens (tertiary/aromatic N) is 2. The molecule has 1 aliphatic rings. The third-order valence-corrected chi connectivity index (χ3v) is 8.25. The van der Waals surface area contributed by atoms with E-state index in [2.05, 4.69) is 4.98 Å². The number of pyridine rings is 1. The Hall–Kier alpha value is -2.56. The Morgan fingerprint density at radius 2 is 2.08 bits per heavy atom. The van der Waals surface area contributed by atoms with Gasteiger partial charge >= 0.3 is 5.97 Å². The number of thioether (sulfide) groups is 1. The summed E-state index contributed by atoms with van der Waals surface area (Å²) in [4.78, 5) is 18.1. The van der Waals surface area contributed by atoms with Gasteiger partial charge in [0.25, 0.3) is 0 Å². The molecule has 3 atom stereocenters. The number of piperidine rings is 1. The predicted molar refractivity (Wildman–Crippen MR) is 139 cm³/mol. The highest BCUT2D eigenvalue weighted by atomic mass is 35.5. The predicted octanol–water partition coefficient (Wildman–Crippen LogP) is 6.92. The van der Waals surface area contributed by atoms with E-state index in [4.69, 9.17) is 16.3 Å². The lowest BCUT2D eigenvalue weighted by Crippen LogP contribution is -2.44. The molecule has 1 aliphatic heterocycles. The van der Waals surface area contributed by atoms with Crippen LogP contribution in [0.4, 0.5) is 17.6 Å². The molecule has 0 radical (unpaired) electrons. The van der Waals surface area contributed by atoms with Gasteiger partial charge in [-0.3, -0.25) is 9.78 Å². The Kier molecular flexibility index (Phi) is 9.38. The quantitative estimate of drug-likeness (QED) is 0.162. The summed E-state index contributed by atoms with van der Waals surface area (Å²) < 4.78 is 61.5. The van der Waals surface area contributed by atoms with Crippen molar-refractivity contribution in [3.8, 4) is 5.75 Å². The SMILES string of the molecule is COc1ccc2ncc(Cl)c([C@@H](F)CC[C@H]3CCN(CCSc4cc(F)cc(F)c4F)C[C@H]3C(=O)O)c2c1. The van der Waals surface area contributed by atoms with Gasteiger partial charge in [-0.15, -0.1) is 11.8 Å². The highest BCUT2D eigenvalue weighted by Crippen LogP contribution is 2.38. The van der Waals surface area contributed by atoms with Crippen LogP contribution in [0.3, 0.4) is 0 Å². The second-order valence-electron chi connectivity index (χ2n) is 9.29. The highest BCUT2D eigenvalue weighted by Gasteiger charge is 2.34. The van der Waals surface area contributed by atoms with Gasteiger partial charge in [0.05, 0.1) is 23.6 Å². The molecule has 2 aromatic carbocycles. The number of benzene rings is 2. The zero-order valence-electron chi connectivity index (χ0n) is 20.6. The number of carbonyl (C=O) groups is 1. The number of carboxylic acid groups (broad SMARTS) is 1. The molecule has 0 aliphatic carbocycles. The molecule has 3 aromatic rings. The molecule has 0 saturated carbocycles. The summed E-state index contributed by atoms with van der Waals surface area (Å²) in [7, 11) is 1.52. The van der Waals surface area contributed by atoms with Crippen molar-refractivity contribution in [1.82, 2.24) is 9.88 Å². The molecule has 11 heteroatoms. The van der Waals surface area contributed by atoms with Crippen molar-refractivity contribution in [2.45, 2.75) is 30.3 Å². The van der Waals surface area contributed by atoms with E-state index < -0.39 is 35.5 Å². The fourth-order valence-corrected chi connectivity index (χ4v) is 6.20. The van der Waals surface area contributed by atoms with Crippen LogP contribution in [0.25, 0.3) is 10.9 Å². The average Bonchev–Trinajstić information content (AvgIpc) is 2.89. The Morgan fingerprint density at radius 1 is 1.29 bits per heavy atom. The summed E-state index contributed by atoms with van der Waals surface area (Å²) in [5, 5.41) is 10.6. The monoisotopic (exact) mass is 570 g/mol. The normalized spacial score (nSPS) is 19.0.